The van der Waals surface area contributed by atoms with Crippen LogP contribution in [-0.4, -0.2) is 29.9 Å². The Bertz CT molecular complexity index is 660. The van der Waals surface area contributed by atoms with E-state index in [0.29, 0.717) is 22.9 Å². The number of thiophene rings is 1. The lowest BCUT2D eigenvalue weighted by Gasteiger charge is -2.28. The van der Waals surface area contributed by atoms with Crippen LogP contribution in [0, 0.1) is 12.8 Å². The second-order valence-electron chi connectivity index (χ2n) is 5.74. The van der Waals surface area contributed by atoms with Crippen LogP contribution in [-0.2, 0) is 4.79 Å². The summed E-state index contributed by atoms with van der Waals surface area (Å²) in [6.07, 6.45) is 2.22. The first-order valence-corrected chi connectivity index (χ1v) is 8.35. The normalized spacial score (nSPS) is 27.1. The zero-order valence-corrected chi connectivity index (χ0v) is 13.6. The van der Waals surface area contributed by atoms with Crippen LogP contribution in [0.5, 0.6) is 0 Å². The highest BCUT2D eigenvalue weighted by Crippen LogP contribution is 2.37. The number of rotatable bonds is 3. The lowest BCUT2D eigenvalue weighted by molar-refractivity contribution is -0.125. The molecule has 1 aromatic heterocycles. The van der Waals surface area contributed by atoms with Crippen LogP contribution in [0.4, 0.5) is 4.79 Å². The Balaban J connectivity index is 1.68. The predicted octanol–water partition coefficient (Wildman–Crippen LogP) is 1.82. The Kier molecular flexibility index (Phi) is 3.86. The number of hydrogen-bond acceptors (Lipinski definition) is 4. The van der Waals surface area contributed by atoms with Gasteiger partial charge in [-0.05, 0) is 30.7 Å². The van der Waals surface area contributed by atoms with Crippen molar-refractivity contribution in [2.24, 2.45) is 5.92 Å². The average molecular weight is 342 g/mol. The van der Waals surface area contributed by atoms with Gasteiger partial charge < -0.3 is 10.6 Å². The van der Waals surface area contributed by atoms with Crippen LogP contribution in [0.2, 0.25) is 5.02 Å². The number of aryl methyl sites for hydroxylation is 1. The largest absolute Gasteiger partial charge is 0.351 e. The minimum Gasteiger partial charge on any atom is -0.351 e. The third kappa shape index (κ3) is 2.38. The fourth-order valence-electron chi connectivity index (χ4n) is 3.20. The van der Waals surface area contributed by atoms with Gasteiger partial charge >= 0.3 is 6.03 Å². The second-order valence-corrected chi connectivity index (χ2v) is 7.00. The Labute approximate surface area is 136 Å². The summed E-state index contributed by atoms with van der Waals surface area (Å²) in [5.74, 6) is -0.642. The Morgan fingerprint density at radius 2 is 2.32 bits per heavy atom. The lowest BCUT2D eigenvalue weighted by atomic mass is 9.87. The van der Waals surface area contributed by atoms with E-state index in [4.69, 9.17) is 11.6 Å². The standard InChI is InChI=1S/C14H16ClN3O3S/c1-7-6-22-10(9(7)15)11(19)16-5-8-3-2-4-14(8)12(20)17-13(21)18-14/h6,8H,2-5H2,1H3,(H,16,19)(H2,17,18,20,21)/t8-,14-/m1/s1. The molecule has 118 valence electrons. The van der Waals surface area contributed by atoms with Gasteiger partial charge in [0.1, 0.15) is 10.4 Å². The maximum Gasteiger partial charge on any atom is 0.322 e. The van der Waals surface area contributed by atoms with E-state index < -0.39 is 11.6 Å². The van der Waals surface area contributed by atoms with Gasteiger partial charge in [0.05, 0.1) is 5.02 Å². The van der Waals surface area contributed by atoms with E-state index in [1.807, 2.05) is 12.3 Å². The molecule has 1 aliphatic carbocycles. The first kappa shape index (κ1) is 15.3. The van der Waals surface area contributed by atoms with E-state index in [-0.39, 0.29) is 17.7 Å². The van der Waals surface area contributed by atoms with Gasteiger partial charge in [0.2, 0.25) is 0 Å². The molecule has 2 heterocycles. The molecule has 0 radical (unpaired) electrons. The summed E-state index contributed by atoms with van der Waals surface area (Å²) in [4.78, 5) is 36.2. The molecule has 6 nitrogen and oxygen atoms in total. The molecular weight excluding hydrogens is 326 g/mol. The molecule has 1 saturated heterocycles. The van der Waals surface area contributed by atoms with Gasteiger partial charge in [-0.3, -0.25) is 14.9 Å². The summed E-state index contributed by atoms with van der Waals surface area (Å²) in [6, 6.07) is -0.458. The van der Waals surface area contributed by atoms with E-state index in [0.717, 1.165) is 18.4 Å². The van der Waals surface area contributed by atoms with Crippen LogP contribution in [0.25, 0.3) is 0 Å². The van der Waals surface area contributed by atoms with E-state index in [2.05, 4.69) is 16.0 Å². The van der Waals surface area contributed by atoms with Gasteiger partial charge in [-0.1, -0.05) is 18.0 Å². The molecule has 2 atom stereocenters. The molecule has 2 aliphatic rings. The zero-order valence-electron chi connectivity index (χ0n) is 12.0. The van der Waals surface area contributed by atoms with E-state index in [9.17, 15) is 14.4 Å². The fraction of sp³-hybridized carbons (Fsp3) is 0.500. The van der Waals surface area contributed by atoms with Gasteiger partial charge in [0, 0.05) is 12.5 Å². The lowest BCUT2D eigenvalue weighted by Crippen LogP contribution is -2.53. The Morgan fingerprint density at radius 1 is 1.55 bits per heavy atom. The van der Waals surface area contributed by atoms with Crippen LogP contribution < -0.4 is 16.0 Å². The van der Waals surface area contributed by atoms with Crippen LogP contribution in [0.1, 0.15) is 34.5 Å². The molecule has 1 aromatic rings. The van der Waals surface area contributed by atoms with E-state index in [1.165, 1.54) is 11.3 Å². The van der Waals surface area contributed by atoms with Crippen LogP contribution in [0.15, 0.2) is 5.38 Å². The van der Waals surface area contributed by atoms with Crippen molar-refractivity contribution >= 4 is 40.8 Å². The molecule has 3 rings (SSSR count). The number of carbonyl (C=O) groups is 3. The SMILES string of the molecule is Cc1csc(C(=O)NC[C@H]2CCC[C@@]23NC(=O)NC3=O)c1Cl. The van der Waals surface area contributed by atoms with Crippen LogP contribution in [0.3, 0.4) is 0 Å². The van der Waals surface area contributed by atoms with Crippen molar-refractivity contribution in [3.05, 3.63) is 20.8 Å². The minimum absolute atomic E-state index is 0.109. The van der Waals surface area contributed by atoms with Gasteiger partial charge in [-0.15, -0.1) is 11.3 Å². The van der Waals surface area contributed by atoms with Crippen molar-refractivity contribution in [3.8, 4) is 0 Å². The third-order valence-corrected chi connectivity index (χ3v) is 6.10. The van der Waals surface area contributed by atoms with Crippen LogP contribution >= 0.6 is 22.9 Å². The van der Waals surface area contributed by atoms with Gasteiger partial charge in [0.15, 0.2) is 0 Å². The molecule has 0 aromatic carbocycles. The number of urea groups is 1. The maximum atomic E-state index is 12.2. The Hall–Kier alpha value is -1.60. The highest BCUT2D eigenvalue weighted by atomic mass is 35.5. The molecule has 0 unspecified atom stereocenters. The Morgan fingerprint density at radius 3 is 2.91 bits per heavy atom. The number of halogens is 1. The summed E-state index contributed by atoms with van der Waals surface area (Å²) in [5, 5.41) is 10.2. The first-order chi connectivity index (χ1) is 10.4. The van der Waals surface area contributed by atoms with Crippen molar-refractivity contribution < 1.29 is 14.4 Å². The molecular formula is C14H16ClN3O3S. The third-order valence-electron chi connectivity index (χ3n) is 4.40. The number of carbonyl (C=O) groups excluding carboxylic acids is 3. The van der Waals surface area contributed by atoms with Gasteiger partial charge in [-0.25, -0.2) is 4.79 Å². The maximum absolute atomic E-state index is 12.2. The number of hydrogen-bond donors (Lipinski definition) is 3. The topological polar surface area (TPSA) is 87.3 Å². The average Bonchev–Trinajstić information content (AvgIpc) is 3.10. The number of imide groups is 1. The second kappa shape index (κ2) is 5.55. The molecule has 3 N–H and O–H groups in total. The molecule has 1 saturated carbocycles. The van der Waals surface area contributed by atoms with Gasteiger partial charge in [0.25, 0.3) is 11.8 Å². The van der Waals surface area contributed by atoms with Crippen molar-refractivity contribution in [1.82, 2.24) is 16.0 Å². The quantitative estimate of drug-likeness (QED) is 0.733. The predicted molar refractivity (Wildman–Crippen MR) is 83.1 cm³/mol. The van der Waals surface area contributed by atoms with Gasteiger partial charge in [-0.2, -0.15) is 0 Å². The van der Waals surface area contributed by atoms with Crippen molar-refractivity contribution in [3.63, 3.8) is 0 Å². The highest BCUT2D eigenvalue weighted by molar-refractivity contribution is 7.13. The van der Waals surface area contributed by atoms with E-state index >= 15 is 0 Å². The van der Waals surface area contributed by atoms with Crippen molar-refractivity contribution in [1.29, 1.82) is 0 Å². The summed E-state index contributed by atoms with van der Waals surface area (Å²) in [6.45, 7) is 2.18. The van der Waals surface area contributed by atoms with E-state index in [1.54, 1.807) is 0 Å². The van der Waals surface area contributed by atoms with Crippen molar-refractivity contribution in [2.45, 2.75) is 31.7 Å². The highest BCUT2D eigenvalue weighted by Gasteiger charge is 2.54. The first-order valence-electron chi connectivity index (χ1n) is 7.09. The van der Waals surface area contributed by atoms with Crippen molar-refractivity contribution in [2.75, 3.05) is 6.54 Å². The fourth-order valence-corrected chi connectivity index (χ4v) is 4.40. The summed E-state index contributed by atoms with van der Waals surface area (Å²) in [5.41, 5.74) is -0.00363. The molecule has 2 fully saturated rings. The monoisotopic (exact) mass is 341 g/mol. The number of nitrogens with one attached hydrogen (secondary N) is 3. The molecule has 8 heteroatoms. The molecule has 0 bridgehead atoms. The molecule has 1 aliphatic heterocycles. The smallest absolute Gasteiger partial charge is 0.322 e. The molecule has 4 amide bonds. The summed E-state index contributed by atoms with van der Waals surface area (Å²) < 4.78 is 0. The zero-order chi connectivity index (χ0) is 15.9. The molecule has 22 heavy (non-hydrogen) atoms. The minimum atomic E-state index is -0.875. The number of amides is 4. The summed E-state index contributed by atoms with van der Waals surface area (Å²) in [7, 11) is 0. The molecule has 1 spiro atoms. The summed E-state index contributed by atoms with van der Waals surface area (Å²) >= 11 is 7.39.